The summed E-state index contributed by atoms with van der Waals surface area (Å²) in [5.41, 5.74) is 7.77. The van der Waals surface area contributed by atoms with Gasteiger partial charge in [-0.05, 0) is 40.5 Å². The van der Waals surface area contributed by atoms with Crippen LogP contribution in [-0.4, -0.2) is 4.98 Å². The molecule has 1 atom stereocenters. The molecule has 0 aliphatic carbocycles. The van der Waals surface area contributed by atoms with Crippen molar-refractivity contribution in [1.82, 2.24) is 4.98 Å². The fourth-order valence-corrected chi connectivity index (χ4v) is 3.12. The first-order valence-corrected chi connectivity index (χ1v) is 7.45. The molecule has 1 aromatic heterocycles. The monoisotopic (exact) mass is 328 g/mol. The van der Waals surface area contributed by atoms with Gasteiger partial charge in [-0.2, -0.15) is 0 Å². The van der Waals surface area contributed by atoms with Gasteiger partial charge in [0, 0.05) is 15.4 Å². The maximum Gasteiger partial charge on any atom is 0.124 e. The minimum Gasteiger partial charge on any atom is -0.322 e. The molecule has 0 saturated carbocycles. The highest BCUT2D eigenvalue weighted by molar-refractivity contribution is 9.10. The van der Waals surface area contributed by atoms with E-state index in [1.54, 1.807) is 17.4 Å². The molecular weight excluding hydrogens is 315 g/mol. The van der Waals surface area contributed by atoms with E-state index in [1.807, 2.05) is 5.38 Å². The third-order valence-electron chi connectivity index (χ3n) is 2.65. The van der Waals surface area contributed by atoms with Gasteiger partial charge >= 0.3 is 0 Å². The molecule has 1 heterocycles. The summed E-state index contributed by atoms with van der Waals surface area (Å²) < 4.78 is 13.7. The zero-order chi connectivity index (χ0) is 13.1. The second-order valence-corrected chi connectivity index (χ2v) is 5.83. The largest absolute Gasteiger partial charge is 0.322 e. The Labute approximate surface area is 118 Å². The molecule has 96 valence electrons. The maximum atomic E-state index is 13.0. The molecule has 0 aliphatic rings. The van der Waals surface area contributed by atoms with Crippen LogP contribution in [0.15, 0.2) is 28.1 Å². The fraction of sp³-hybridized carbons (Fsp3) is 0.308. The highest BCUT2D eigenvalue weighted by Crippen LogP contribution is 2.31. The van der Waals surface area contributed by atoms with Crippen molar-refractivity contribution in [3.63, 3.8) is 0 Å². The van der Waals surface area contributed by atoms with Crippen molar-refractivity contribution in [3.05, 3.63) is 38.9 Å². The summed E-state index contributed by atoms with van der Waals surface area (Å²) in [5, 5.41) is 2.89. The quantitative estimate of drug-likeness (QED) is 0.896. The van der Waals surface area contributed by atoms with Crippen molar-refractivity contribution in [1.29, 1.82) is 0 Å². The highest BCUT2D eigenvalue weighted by Gasteiger charge is 2.13. The Kier molecular flexibility index (Phi) is 4.48. The molecule has 18 heavy (non-hydrogen) atoms. The summed E-state index contributed by atoms with van der Waals surface area (Å²) in [5.74, 6) is -0.260. The molecule has 1 aromatic carbocycles. The van der Waals surface area contributed by atoms with Crippen LogP contribution in [0.3, 0.4) is 0 Å². The molecule has 0 saturated heterocycles. The molecule has 2 aromatic rings. The van der Waals surface area contributed by atoms with E-state index in [-0.39, 0.29) is 11.9 Å². The lowest BCUT2D eigenvalue weighted by Crippen LogP contribution is -2.09. The van der Waals surface area contributed by atoms with Gasteiger partial charge in [0.2, 0.25) is 0 Å². The number of benzene rings is 1. The second kappa shape index (κ2) is 5.91. The van der Waals surface area contributed by atoms with Gasteiger partial charge in [-0.15, -0.1) is 11.3 Å². The molecule has 0 bridgehead atoms. The summed E-state index contributed by atoms with van der Waals surface area (Å²) in [7, 11) is 0. The van der Waals surface area contributed by atoms with E-state index in [0.717, 1.165) is 29.1 Å². The first-order valence-electron chi connectivity index (χ1n) is 5.78. The van der Waals surface area contributed by atoms with Gasteiger partial charge in [0.15, 0.2) is 0 Å². The standard InChI is InChI=1S/C13H14BrFN2S/c1-2-3-11(16)13-17-12(7-18-13)9-5-4-8(15)6-10(9)14/h4-7,11H,2-3,16H2,1H3. The lowest BCUT2D eigenvalue weighted by atomic mass is 10.1. The topological polar surface area (TPSA) is 38.9 Å². The van der Waals surface area contributed by atoms with E-state index in [0.29, 0.717) is 4.47 Å². The molecule has 2 N–H and O–H groups in total. The van der Waals surface area contributed by atoms with Crippen LogP contribution in [0.25, 0.3) is 11.3 Å². The van der Waals surface area contributed by atoms with Gasteiger partial charge in [0.05, 0.1) is 11.7 Å². The van der Waals surface area contributed by atoms with Crippen LogP contribution in [0.4, 0.5) is 4.39 Å². The number of rotatable bonds is 4. The molecule has 0 aliphatic heterocycles. The van der Waals surface area contributed by atoms with Crippen molar-refractivity contribution in [2.45, 2.75) is 25.8 Å². The normalized spacial score (nSPS) is 12.7. The van der Waals surface area contributed by atoms with E-state index < -0.39 is 0 Å². The van der Waals surface area contributed by atoms with Crippen molar-refractivity contribution in [3.8, 4) is 11.3 Å². The Bertz CT molecular complexity index is 542. The van der Waals surface area contributed by atoms with Crippen LogP contribution in [0, 0.1) is 5.82 Å². The van der Waals surface area contributed by atoms with Gasteiger partial charge < -0.3 is 5.73 Å². The van der Waals surface area contributed by atoms with Crippen LogP contribution in [-0.2, 0) is 0 Å². The average Bonchev–Trinajstić information content (AvgIpc) is 2.78. The number of nitrogens with zero attached hydrogens (tertiary/aromatic N) is 1. The van der Waals surface area contributed by atoms with Crippen LogP contribution < -0.4 is 5.73 Å². The highest BCUT2D eigenvalue weighted by atomic mass is 79.9. The molecule has 1 unspecified atom stereocenters. The molecule has 0 amide bonds. The number of hydrogen-bond donors (Lipinski definition) is 1. The van der Waals surface area contributed by atoms with Crippen LogP contribution >= 0.6 is 27.3 Å². The molecular formula is C13H14BrFN2S. The van der Waals surface area contributed by atoms with Gasteiger partial charge in [-0.1, -0.05) is 13.3 Å². The molecule has 0 fully saturated rings. The Hall–Kier alpha value is -0.780. The van der Waals surface area contributed by atoms with E-state index in [2.05, 4.69) is 27.8 Å². The number of hydrogen-bond acceptors (Lipinski definition) is 3. The van der Waals surface area contributed by atoms with Gasteiger partial charge in [0.1, 0.15) is 10.8 Å². The summed E-state index contributed by atoms with van der Waals surface area (Å²) in [4.78, 5) is 4.53. The first kappa shape index (κ1) is 13.6. The number of thiazole rings is 1. The molecule has 0 spiro atoms. The average molecular weight is 329 g/mol. The number of halogens is 2. The van der Waals surface area contributed by atoms with E-state index in [4.69, 9.17) is 5.73 Å². The Morgan fingerprint density at radius 2 is 2.28 bits per heavy atom. The second-order valence-electron chi connectivity index (χ2n) is 4.09. The maximum absolute atomic E-state index is 13.0. The first-order chi connectivity index (χ1) is 8.61. The third kappa shape index (κ3) is 2.96. The molecule has 0 radical (unpaired) electrons. The van der Waals surface area contributed by atoms with Crippen LogP contribution in [0.1, 0.15) is 30.8 Å². The summed E-state index contributed by atoms with van der Waals surface area (Å²) in [6.45, 7) is 2.10. The zero-order valence-corrected chi connectivity index (χ0v) is 12.4. The Morgan fingerprint density at radius 1 is 1.50 bits per heavy atom. The predicted molar refractivity (Wildman–Crippen MR) is 77.0 cm³/mol. The van der Waals surface area contributed by atoms with E-state index >= 15 is 0 Å². The summed E-state index contributed by atoms with van der Waals surface area (Å²) in [6, 6.07) is 4.60. The van der Waals surface area contributed by atoms with Crippen LogP contribution in [0.5, 0.6) is 0 Å². The minimum absolute atomic E-state index is 0.00651. The van der Waals surface area contributed by atoms with Gasteiger partial charge in [0.25, 0.3) is 0 Å². The zero-order valence-electron chi connectivity index (χ0n) is 9.99. The smallest absolute Gasteiger partial charge is 0.124 e. The van der Waals surface area contributed by atoms with Crippen molar-refractivity contribution in [2.24, 2.45) is 5.73 Å². The third-order valence-corrected chi connectivity index (χ3v) is 4.28. The molecule has 5 heteroatoms. The van der Waals surface area contributed by atoms with E-state index in [1.165, 1.54) is 12.1 Å². The van der Waals surface area contributed by atoms with Crippen molar-refractivity contribution >= 4 is 27.3 Å². The van der Waals surface area contributed by atoms with Crippen LogP contribution in [0.2, 0.25) is 0 Å². The van der Waals surface area contributed by atoms with Gasteiger partial charge in [-0.3, -0.25) is 0 Å². The summed E-state index contributed by atoms with van der Waals surface area (Å²) >= 11 is 4.91. The number of aromatic nitrogens is 1. The lowest BCUT2D eigenvalue weighted by molar-refractivity contribution is 0.627. The number of nitrogens with two attached hydrogens (primary N) is 1. The SMILES string of the molecule is CCCC(N)c1nc(-c2ccc(F)cc2Br)cs1. The lowest BCUT2D eigenvalue weighted by Gasteiger charge is -2.05. The molecule has 2 nitrogen and oxygen atoms in total. The predicted octanol–water partition coefficient (Wildman–Crippen LogP) is 4.51. The minimum atomic E-state index is -0.260. The Balaban J connectivity index is 2.29. The van der Waals surface area contributed by atoms with Crippen molar-refractivity contribution in [2.75, 3.05) is 0 Å². The molecule has 2 rings (SSSR count). The van der Waals surface area contributed by atoms with Gasteiger partial charge in [-0.25, -0.2) is 9.37 Å². The Morgan fingerprint density at radius 3 is 2.94 bits per heavy atom. The van der Waals surface area contributed by atoms with Crippen molar-refractivity contribution < 1.29 is 4.39 Å². The fourth-order valence-electron chi connectivity index (χ4n) is 1.71. The van der Waals surface area contributed by atoms with E-state index in [9.17, 15) is 4.39 Å². The summed E-state index contributed by atoms with van der Waals surface area (Å²) in [6.07, 6.45) is 1.97.